The van der Waals surface area contributed by atoms with Gasteiger partial charge in [0.1, 0.15) is 5.03 Å². The number of pyridine rings is 1. The van der Waals surface area contributed by atoms with Crippen molar-refractivity contribution < 1.29 is 0 Å². The summed E-state index contributed by atoms with van der Waals surface area (Å²) >= 11 is 7.67. The van der Waals surface area contributed by atoms with Gasteiger partial charge in [-0.3, -0.25) is 0 Å². The molecule has 0 spiro atoms. The lowest BCUT2D eigenvalue weighted by atomic mass is 10.1. The molecule has 2 N–H and O–H groups in total. The Labute approximate surface area is 128 Å². The zero-order valence-corrected chi connectivity index (χ0v) is 12.8. The molecular weight excluding hydrogens is 288 g/mol. The van der Waals surface area contributed by atoms with Crippen LogP contribution in [-0.2, 0) is 25.1 Å². The minimum Gasteiger partial charge on any atom is -0.326 e. The predicted octanol–water partition coefficient (Wildman–Crippen LogP) is 3.97. The van der Waals surface area contributed by atoms with E-state index in [1.165, 1.54) is 28.8 Å². The summed E-state index contributed by atoms with van der Waals surface area (Å²) in [4.78, 5) is 4.81. The zero-order valence-electron chi connectivity index (χ0n) is 11.2. The average molecular weight is 305 g/mol. The van der Waals surface area contributed by atoms with Crippen molar-refractivity contribution in [1.29, 1.82) is 0 Å². The third kappa shape index (κ3) is 3.00. The standard InChI is InChI=1S/C16H17ClN2S/c17-14-6-4-11(5-7-14)10-20-16-13(9-18)8-12-2-1-3-15(12)19-16/h4-8H,1-3,9-10,18H2. The van der Waals surface area contributed by atoms with E-state index in [0.717, 1.165) is 28.6 Å². The zero-order chi connectivity index (χ0) is 13.9. The number of benzene rings is 1. The van der Waals surface area contributed by atoms with E-state index in [-0.39, 0.29) is 0 Å². The Balaban J connectivity index is 1.78. The van der Waals surface area contributed by atoms with Crippen LogP contribution in [0.3, 0.4) is 0 Å². The maximum Gasteiger partial charge on any atom is 0.101 e. The van der Waals surface area contributed by atoms with Crippen molar-refractivity contribution >= 4 is 23.4 Å². The summed E-state index contributed by atoms with van der Waals surface area (Å²) < 4.78 is 0. The van der Waals surface area contributed by atoms with E-state index in [0.29, 0.717) is 6.54 Å². The van der Waals surface area contributed by atoms with Gasteiger partial charge < -0.3 is 5.73 Å². The van der Waals surface area contributed by atoms with Gasteiger partial charge >= 0.3 is 0 Å². The number of thioether (sulfide) groups is 1. The van der Waals surface area contributed by atoms with Gasteiger partial charge in [-0.05, 0) is 48.1 Å². The Morgan fingerprint density at radius 3 is 2.75 bits per heavy atom. The summed E-state index contributed by atoms with van der Waals surface area (Å²) in [6, 6.07) is 10.2. The van der Waals surface area contributed by atoms with Gasteiger partial charge in [-0.2, -0.15) is 0 Å². The first-order chi connectivity index (χ1) is 9.76. The molecule has 1 aromatic heterocycles. The van der Waals surface area contributed by atoms with E-state index in [9.17, 15) is 0 Å². The highest BCUT2D eigenvalue weighted by atomic mass is 35.5. The fourth-order valence-electron chi connectivity index (χ4n) is 2.50. The molecule has 20 heavy (non-hydrogen) atoms. The van der Waals surface area contributed by atoms with E-state index in [1.54, 1.807) is 11.8 Å². The summed E-state index contributed by atoms with van der Waals surface area (Å²) in [7, 11) is 0. The van der Waals surface area contributed by atoms with Crippen molar-refractivity contribution in [1.82, 2.24) is 4.98 Å². The Hall–Kier alpha value is -1.03. The lowest BCUT2D eigenvalue weighted by molar-refractivity contribution is 0.884. The van der Waals surface area contributed by atoms with Gasteiger partial charge in [0.05, 0.1) is 0 Å². The van der Waals surface area contributed by atoms with Crippen LogP contribution in [0.4, 0.5) is 0 Å². The molecule has 1 aliphatic rings. The molecular formula is C16H17ClN2S. The minimum atomic E-state index is 0.559. The molecule has 1 heterocycles. The van der Waals surface area contributed by atoms with Crippen molar-refractivity contribution in [3.05, 3.63) is 57.7 Å². The smallest absolute Gasteiger partial charge is 0.101 e. The van der Waals surface area contributed by atoms with E-state index < -0.39 is 0 Å². The van der Waals surface area contributed by atoms with Gasteiger partial charge in [0, 0.05) is 23.0 Å². The van der Waals surface area contributed by atoms with Crippen LogP contribution in [0.2, 0.25) is 5.02 Å². The van der Waals surface area contributed by atoms with E-state index in [4.69, 9.17) is 22.3 Å². The van der Waals surface area contributed by atoms with Crippen molar-refractivity contribution in [3.8, 4) is 0 Å². The van der Waals surface area contributed by atoms with Gasteiger partial charge in [0.2, 0.25) is 0 Å². The minimum absolute atomic E-state index is 0.559. The van der Waals surface area contributed by atoms with Gasteiger partial charge in [-0.15, -0.1) is 11.8 Å². The Morgan fingerprint density at radius 2 is 2.00 bits per heavy atom. The van der Waals surface area contributed by atoms with Crippen LogP contribution in [0.15, 0.2) is 35.4 Å². The molecule has 0 saturated heterocycles. The van der Waals surface area contributed by atoms with Gasteiger partial charge in [-0.25, -0.2) is 4.98 Å². The topological polar surface area (TPSA) is 38.9 Å². The molecule has 2 aromatic rings. The molecule has 0 unspecified atom stereocenters. The average Bonchev–Trinajstić information content (AvgIpc) is 2.92. The number of hydrogen-bond acceptors (Lipinski definition) is 3. The molecule has 0 amide bonds. The number of aryl methyl sites for hydroxylation is 2. The predicted molar refractivity (Wildman–Crippen MR) is 85.2 cm³/mol. The highest BCUT2D eigenvalue weighted by molar-refractivity contribution is 7.98. The van der Waals surface area contributed by atoms with Crippen LogP contribution >= 0.6 is 23.4 Å². The van der Waals surface area contributed by atoms with Gasteiger partial charge in [0.25, 0.3) is 0 Å². The number of nitrogens with two attached hydrogens (primary N) is 1. The summed E-state index contributed by atoms with van der Waals surface area (Å²) in [5.41, 5.74) is 10.9. The maximum absolute atomic E-state index is 5.90. The summed E-state index contributed by atoms with van der Waals surface area (Å²) in [6.07, 6.45) is 3.48. The Morgan fingerprint density at radius 1 is 1.20 bits per heavy atom. The van der Waals surface area contributed by atoms with Crippen LogP contribution in [0.25, 0.3) is 0 Å². The second-order valence-corrected chi connectivity index (χ2v) is 6.43. The molecule has 0 bridgehead atoms. The van der Waals surface area contributed by atoms with Crippen LogP contribution in [-0.4, -0.2) is 4.98 Å². The monoisotopic (exact) mass is 304 g/mol. The molecule has 1 aromatic carbocycles. The van der Waals surface area contributed by atoms with E-state index >= 15 is 0 Å². The van der Waals surface area contributed by atoms with Crippen LogP contribution < -0.4 is 5.73 Å². The summed E-state index contributed by atoms with van der Waals surface area (Å²) in [5, 5.41) is 1.86. The highest BCUT2D eigenvalue weighted by Gasteiger charge is 2.16. The van der Waals surface area contributed by atoms with Crippen LogP contribution in [0, 0.1) is 0 Å². The number of fused-ring (bicyclic) bond motifs is 1. The number of hydrogen-bond donors (Lipinski definition) is 1. The molecule has 0 fully saturated rings. The van der Waals surface area contributed by atoms with Crippen molar-refractivity contribution in [3.63, 3.8) is 0 Å². The molecule has 0 aliphatic heterocycles. The quantitative estimate of drug-likeness (QED) is 0.869. The molecule has 1 aliphatic carbocycles. The van der Waals surface area contributed by atoms with Crippen molar-refractivity contribution in [2.45, 2.75) is 36.6 Å². The normalized spacial score (nSPS) is 13.5. The Kier molecular flexibility index (Phi) is 4.29. The molecule has 0 atom stereocenters. The maximum atomic E-state index is 5.90. The highest BCUT2D eigenvalue weighted by Crippen LogP contribution is 2.30. The molecule has 4 heteroatoms. The molecule has 0 saturated carbocycles. The molecule has 104 valence electrons. The fraction of sp³-hybridized carbons (Fsp3) is 0.312. The van der Waals surface area contributed by atoms with E-state index in [1.807, 2.05) is 12.1 Å². The van der Waals surface area contributed by atoms with Crippen LogP contribution in [0.5, 0.6) is 0 Å². The van der Waals surface area contributed by atoms with Gasteiger partial charge in [-0.1, -0.05) is 29.8 Å². The molecule has 3 rings (SSSR count). The largest absolute Gasteiger partial charge is 0.326 e. The first kappa shape index (κ1) is 13.9. The van der Waals surface area contributed by atoms with Crippen molar-refractivity contribution in [2.75, 3.05) is 0 Å². The molecule has 0 radical (unpaired) electrons. The van der Waals surface area contributed by atoms with E-state index in [2.05, 4.69) is 18.2 Å². The summed E-state index contributed by atoms with van der Waals surface area (Å²) in [5.74, 6) is 0.899. The Bertz CT molecular complexity index is 611. The first-order valence-corrected chi connectivity index (χ1v) is 8.21. The van der Waals surface area contributed by atoms with Gasteiger partial charge in [0.15, 0.2) is 0 Å². The summed E-state index contributed by atoms with van der Waals surface area (Å²) in [6.45, 7) is 0.559. The van der Waals surface area contributed by atoms with Crippen molar-refractivity contribution in [2.24, 2.45) is 5.73 Å². The third-order valence-electron chi connectivity index (χ3n) is 3.60. The van der Waals surface area contributed by atoms with Crippen LogP contribution in [0.1, 0.15) is 28.8 Å². The third-order valence-corrected chi connectivity index (χ3v) is 4.96. The second-order valence-electron chi connectivity index (χ2n) is 5.03. The number of nitrogens with zero attached hydrogens (tertiary/aromatic N) is 1. The lowest BCUT2D eigenvalue weighted by Gasteiger charge is -2.10. The number of aromatic nitrogens is 1. The second kappa shape index (κ2) is 6.17. The fourth-order valence-corrected chi connectivity index (χ4v) is 3.63. The number of rotatable bonds is 4. The SMILES string of the molecule is NCc1cc2c(nc1SCc1ccc(Cl)cc1)CCC2. The lowest BCUT2D eigenvalue weighted by Crippen LogP contribution is -2.03. The molecule has 2 nitrogen and oxygen atoms in total. The first-order valence-electron chi connectivity index (χ1n) is 6.85. The number of halogens is 1.